The second kappa shape index (κ2) is 7.68. The predicted molar refractivity (Wildman–Crippen MR) is 107 cm³/mol. The average Bonchev–Trinajstić information content (AvgIpc) is 2.74. The highest BCUT2D eigenvalue weighted by Gasteiger charge is 2.27. The summed E-state index contributed by atoms with van der Waals surface area (Å²) in [5.74, 6) is -0.568. The van der Waals surface area contributed by atoms with Crippen LogP contribution in [0.1, 0.15) is 10.4 Å². The lowest BCUT2D eigenvalue weighted by atomic mass is 10.0. The number of para-hydroxylation sites is 1. The number of piperazine rings is 1. The van der Waals surface area contributed by atoms with Crippen LogP contribution in [0.3, 0.4) is 0 Å². The van der Waals surface area contributed by atoms with E-state index >= 15 is 0 Å². The van der Waals surface area contributed by atoms with E-state index in [1.54, 1.807) is 35.4 Å². The van der Waals surface area contributed by atoms with Gasteiger partial charge in [-0.15, -0.1) is 0 Å². The van der Waals surface area contributed by atoms with Gasteiger partial charge in [0.25, 0.3) is 11.5 Å². The highest BCUT2D eigenvalue weighted by Crippen LogP contribution is 2.24. The Morgan fingerprint density at radius 2 is 1.57 bits per heavy atom. The van der Waals surface area contributed by atoms with E-state index in [1.807, 2.05) is 35.2 Å². The van der Waals surface area contributed by atoms with Gasteiger partial charge in [-0.2, -0.15) is 0 Å². The molecule has 0 spiro atoms. The summed E-state index contributed by atoms with van der Waals surface area (Å²) in [7, 11) is 0. The van der Waals surface area contributed by atoms with Gasteiger partial charge in [0.15, 0.2) is 0 Å². The largest absolute Gasteiger partial charge is 0.366 e. The summed E-state index contributed by atoms with van der Waals surface area (Å²) >= 11 is 0. The van der Waals surface area contributed by atoms with Gasteiger partial charge in [0, 0.05) is 37.9 Å². The number of nitrogens with zero attached hydrogens (tertiary/aromatic N) is 2. The molecule has 1 aliphatic rings. The van der Waals surface area contributed by atoms with Crippen molar-refractivity contribution in [2.75, 3.05) is 31.1 Å². The number of amides is 1. The quantitative estimate of drug-likeness (QED) is 0.763. The highest BCUT2D eigenvalue weighted by molar-refractivity contribution is 6.00. The van der Waals surface area contributed by atoms with Gasteiger partial charge in [0.1, 0.15) is 11.4 Å². The lowest BCUT2D eigenvalue weighted by molar-refractivity contribution is 0.0745. The first-order valence-corrected chi connectivity index (χ1v) is 9.21. The molecule has 2 aromatic carbocycles. The molecule has 4 rings (SSSR count). The van der Waals surface area contributed by atoms with Gasteiger partial charge in [0.2, 0.25) is 0 Å². The van der Waals surface area contributed by atoms with Gasteiger partial charge < -0.3 is 14.8 Å². The number of carbonyl (C=O) groups is 1. The molecule has 0 radical (unpaired) electrons. The third-order valence-electron chi connectivity index (χ3n) is 5.02. The summed E-state index contributed by atoms with van der Waals surface area (Å²) in [6.07, 6.45) is 1.55. The van der Waals surface area contributed by atoms with Gasteiger partial charge in [-0.25, -0.2) is 4.39 Å². The van der Waals surface area contributed by atoms with E-state index in [-0.39, 0.29) is 17.3 Å². The molecule has 1 aromatic heterocycles. The van der Waals surface area contributed by atoms with Crippen molar-refractivity contribution >= 4 is 11.6 Å². The third-order valence-corrected chi connectivity index (χ3v) is 5.02. The zero-order chi connectivity index (χ0) is 19.5. The molecule has 1 saturated heterocycles. The summed E-state index contributed by atoms with van der Waals surface area (Å²) in [6.45, 7) is 1.88. The Morgan fingerprint density at radius 1 is 0.893 bits per heavy atom. The first-order chi connectivity index (χ1) is 13.6. The SMILES string of the molecule is O=C(c1c(-c2ccccc2)cc[nH]c1=O)N1CCN(c2ccccc2F)CC1. The minimum atomic E-state index is -0.400. The van der Waals surface area contributed by atoms with Crippen molar-refractivity contribution in [2.24, 2.45) is 0 Å². The molecule has 1 amide bonds. The van der Waals surface area contributed by atoms with Gasteiger partial charge >= 0.3 is 0 Å². The van der Waals surface area contributed by atoms with Gasteiger partial charge in [-0.1, -0.05) is 42.5 Å². The number of anilines is 1. The average molecular weight is 377 g/mol. The summed E-state index contributed by atoms with van der Waals surface area (Å²) in [6, 6.07) is 17.8. The van der Waals surface area contributed by atoms with Crippen LogP contribution in [-0.4, -0.2) is 42.0 Å². The molecule has 0 unspecified atom stereocenters. The van der Waals surface area contributed by atoms with Crippen molar-refractivity contribution in [3.05, 3.63) is 88.6 Å². The molecule has 1 N–H and O–H groups in total. The van der Waals surface area contributed by atoms with E-state index in [0.29, 0.717) is 37.4 Å². The van der Waals surface area contributed by atoms with E-state index in [4.69, 9.17) is 0 Å². The zero-order valence-corrected chi connectivity index (χ0v) is 15.3. The Labute approximate surface area is 162 Å². The molecule has 1 aliphatic heterocycles. The molecule has 0 atom stereocenters. The smallest absolute Gasteiger partial charge is 0.261 e. The Kier molecular flexibility index (Phi) is 4.93. The van der Waals surface area contributed by atoms with Crippen molar-refractivity contribution in [2.45, 2.75) is 0 Å². The van der Waals surface area contributed by atoms with Crippen LogP contribution in [0.2, 0.25) is 0 Å². The van der Waals surface area contributed by atoms with E-state index in [1.165, 1.54) is 6.07 Å². The maximum absolute atomic E-state index is 14.0. The molecule has 6 heteroatoms. The molecule has 0 saturated carbocycles. The number of hydrogen-bond acceptors (Lipinski definition) is 3. The van der Waals surface area contributed by atoms with Crippen LogP contribution in [0.4, 0.5) is 10.1 Å². The summed E-state index contributed by atoms with van der Waals surface area (Å²) in [5.41, 5.74) is 1.72. The molecule has 0 aliphatic carbocycles. The molecule has 1 fully saturated rings. The van der Waals surface area contributed by atoms with E-state index in [9.17, 15) is 14.0 Å². The minimum absolute atomic E-state index is 0.146. The molecule has 2 heterocycles. The van der Waals surface area contributed by atoms with Gasteiger partial charge in [-0.05, 0) is 23.8 Å². The number of hydrogen-bond donors (Lipinski definition) is 1. The van der Waals surface area contributed by atoms with Crippen molar-refractivity contribution in [3.63, 3.8) is 0 Å². The van der Waals surface area contributed by atoms with Crippen molar-refractivity contribution < 1.29 is 9.18 Å². The van der Waals surface area contributed by atoms with E-state index in [2.05, 4.69) is 4.98 Å². The second-order valence-corrected chi connectivity index (χ2v) is 6.69. The monoisotopic (exact) mass is 377 g/mol. The summed E-state index contributed by atoms with van der Waals surface area (Å²) in [4.78, 5) is 31.8. The second-order valence-electron chi connectivity index (χ2n) is 6.69. The van der Waals surface area contributed by atoms with Crippen LogP contribution in [0.5, 0.6) is 0 Å². The Balaban J connectivity index is 1.57. The number of carbonyl (C=O) groups excluding carboxylic acids is 1. The van der Waals surface area contributed by atoms with Crippen LogP contribution >= 0.6 is 0 Å². The zero-order valence-electron chi connectivity index (χ0n) is 15.3. The lowest BCUT2D eigenvalue weighted by Crippen LogP contribution is -2.50. The molecule has 142 valence electrons. The number of H-pyrrole nitrogens is 1. The first-order valence-electron chi connectivity index (χ1n) is 9.21. The number of halogens is 1. The molecule has 28 heavy (non-hydrogen) atoms. The number of benzene rings is 2. The number of rotatable bonds is 3. The normalized spacial score (nSPS) is 14.2. The van der Waals surface area contributed by atoms with Crippen LogP contribution in [0.15, 0.2) is 71.7 Å². The fourth-order valence-electron chi connectivity index (χ4n) is 3.57. The number of pyridine rings is 1. The molecule has 0 bridgehead atoms. The molecule has 5 nitrogen and oxygen atoms in total. The maximum atomic E-state index is 14.0. The van der Waals surface area contributed by atoms with Crippen molar-refractivity contribution in [3.8, 4) is 11.1 Å². The summed E-state index contributed by atoms with van der Waals surface area (Å²) < 4.78 is 14.0. The van der Waals surface area contributed by atoms with Crippen molar-refractivity contribution in [1.29, 1.82) is 0 Å². The molecular formula is C22H20FN3O2. The molecular weight excluding hydrogens is 357 g/mol. The fraction of sp³-hybridized carbons (Fsp3) is 0.182. The minimum Gasteiger partial charge on any atom is -0.366 e. The maximum Gasteiger partial charge on any atom is 0.261 e. The first kappa shape index (κ1) is 18.0. The van der Waals surface area contributed by atoms with Crippen LogP contribution in [0.25, 0.3) is 11.1 Å². The third kappa shape index (κ3) is 3.41. The number of aromatic amines is 1. The Hall–Kier alpha value is -3.41. The molecule has 3 aromatic rings. The Bertz CT molecular complexity index is 1040. The Morgan fingerprint density at radius 3 is 2.29 bits per heavy atom. The standard InChI is InChI=1S/C22H20FN3O2/c23-18-8-4-5-9-19(18)25-12-14-26(15-13-25)22(28)20-17(10-11-24-21(20)27)16-6-2-1-3-7-16/h1-11H,12-15H2,(H,24,27). The lowest BCUT2D eigenvalue weighted by Gasteiger charge is -2.36. The predicted octanol–water partition coefficient (Wildman–Crippen LogP) is 3.14. The number of nitrogens with one attached hydrogen (secondary N) is 1. The van der Waals surface area contributed by atoms with Gasteiger partial charge in [-0.3, -0.25) is 9.59 Å². The number of aromatic nitrogens is 1. The van der Waals surface area contributed by atoms with Crippen molar-refractivity contribution in [1.82, 2.24) is 9.88 Å². The van der Waals surface area contributed by atoms with Crippen LogP contribution in [-0.2, 0) is 0 Å². The van der Waals surface area contributed by atoms with Crippen LogP contribution in [0, 0.1) is 5.82 Å². The fourth-order valence-corrected chi connectivity index (χ4v) is 3.57. The van der Waals surface area contributed by atoms with Crippen LogP contribution < -0.4 is 10.5 Å². The summed E-state index contributed by atoms with van der Waals surface area (Å²) in [5, 5.41) is 0. The topological polar surface area (TPSA) is 56.4 Å². The van der Waals surface area contributed by atoms with Gasteiger partial charge in [0.05, 0.1) is 5.69 Å². The highest BCUT2D eigenvalue weighted by atomic mass is 19.1. The van der Waals surface area contributed by atoms with E-state index in [0.717, 1.165) is 5.56 Å². The van der Waals surface area contributed by atoms with E-state index < -0.39 is 5.56 Å².